The number of aromatic nitrogens is 4. The van der Waals surface area contributed by atoms with Crippen molar-refractivity contribution in [2.45, 2.75) is 43.7 Å². The molecule has 2 aromatic carbocycles. The van der Waals surface area contributed by atoms with Gasteiger partial charge in [0, 0.05) is 10.6 Å². The van der Waals surface area contributed by atoms with Crippen molar-refractivity contribution in [3.05, 3.63) is 81.0 Å². The third kappa shape index (κ3) is 4.04. The van der Waals surface area contributed by atoms with Gasteiger partial charge in [-0.25, -0.2) is 8.97 Å². The minimum absolute atomic E-state index is 0.00898. The smallest absolute Gasteiger partial charge is 0.268 e. The van der Waals surface area contributed by atoms with E-state index >= 15 is 0 Å². The number of hydrogen-bond acceptors (Lipinski definition) is 6. The molecule has 0 aliphatic heterocycles. The van der Waals surface area contributed by atoms with Crippen LogP contribution < -0.4 is 10.3 Å². The Bertz CT molecular complexity index is 1550. The average molecular weight is 503 g/mol. The minimum Gasteiger partial charge on any atom is -0.497 e. The molecule has 0 unspecified atom stereocenters. The summed E-state index contributed by atoms with van der Waals surface area (Å²) in [5, 5.41) is 10.8. The number of nitrogens with zero attached hydrogens (tertiary/aromatic N) is 4. The van der Waals surface area contributed by atoms with E-state index in [1.807, 2.05) is 30.3 Å². The molecule has 6 rings (SSSR count). The lowest BCUT2D eigenvalue weighted by molar-refractivity contribution is 0.414. The van der Waals surface area contributed by atoms with E-state index in [1.54, 1.807) is 34.8 Å². The molecule has 6 nitrogen and oxygen atoms in total. The van der Waals surface area contributed by atoms with E-state index in [1.165, 1.54) is 28.8 Å². The summed E-state index contributed by atoms with van der Waals surface area (Å²) in [5.74, 6) is 2.20. The van der Waals surface area contributed by atoms with Gasteiger partial charge < -0.3 is 4.74 Å². The molecule has 0 N–H and O–H groups in total. The standard InChI is InChI=1S/C27H26N4O2S2/c1-33-20-14-12-19(13-15-20)30-24(32)23-21-10-6-3-7-11-22(21)35-25(23)31-26(30)28-29-27(31)34-17-16-18-8-4-2-5-9-18/h2,4-5,8-9,12-15H,3,6-7,10-11,16-17H2,1H3. The number of fused-ring (bicyclic) bond motifs is 5. The second-order valence-corrected chi connectivity index (χ2v) is 10.9. The van der Waals surface area contributed by atoms with Gasteiger partial charge in [-0.3, -0.25) is 4.79 Å². The van der Waals surface area contributed by atoms with E-state index in [4.69, 9.17) is 4.74 Å². The van der Waals surface area contributed by atoms with E-state index in [-0.39, 0.29) is 5.56 Å². The first kappa shape index (κ1) is 22.4. The number of rotatable bonds is 6. The molecule has 0 spiro atoms. The second-order valence-electron chi connectivity index (χ2n) is 8.79. The molecule has 1 aliphatic carbocycles. The highest BCUT2D eigenvalue weighted by molar-refractivity contribution is 7.99. The van der Waals surface area contributed by atoms with Gasteiger partial charge >= 0.3 is 0 Å². The quantitative estimate of drug-likeness (QED) is 0.220. The summed E-state index contributed by atoms with van der Waals surface area (Å²) in [5.41, 5.74) is 3.29. The molecule has 1 aliphatic rings. The lowest BCUT2D eigenvalue weighted by Gasteiger charge is -2.11. The third-order valence-electron chi connectivity index (χ3n) is 6.63. The highest BCUT2D eigenvalue weighted by atomic mass is 32.2. The molecule has 35 heavy (non-hydrogen) atoms. The van der Waals surface area contributed by atoms with E-state index in [0.717, 1.165) is 58.2 Å². The molecule has 8 heteroatoms. The summed E-state index contributed by atoms with van der Waals surface area (Å²) in [6.07, 6.45) is 6.46. The van der Waals surface area contributed by atoms with Crippen LogP contribution in [0.15, 0.2) is 64.5 Å². The zero-order valence-corrected chi connectivity index (χ0v) is 21.2. The second kappa shape index (κ2) is 9.51. The summed E-state index contributed by atoms with van der Waals surface area (Å²) < 4.78 is 9.15. The molecule has 0 atom stereocenters. The molecule has 0 fully saturated rings. The number of thioether (sulfide) groups is 1. The first-order valence-corrected chi connectivity index (χ1v) is 13.8. The SMILES string of the molecule is COc1ccc(-n2c(=O)c3c4c(sc3n3c(SCCc5ccccc5)nnc23)CCCCC4)cc1. The fourth-order valence-electron chi connectivity index (χ4n) is 4.86. The number of ether oxygens (including phenoxy) is 1. The third-order valence-corrected chi connectivity index (χ3v) is 8.84. The summed E-state index contributed by atoms with van der Waals surface area (Å²) >= 11 is 3.44. The molecule has 0 radical (unpaired) electrons. The summed E-state index contributed by atoms with van der Waals surface area (Å²) in [6.45, 7) is 0. The lowest BCUT2D eigenvalue weighted by atomic mass is 10.1. The van der Waals surface area contributed by atoms with Crippen LogP contribution in [0.5, 0.6) is 5.75 Å². The molecule has 5 aromatic rings. The fourth-order valence-corrected chi connectivity index (χ4v) is 7.21. The first-order chi connectivity index (χ1) is 17.2. The molecule has 0 amide bonds. The Balaban J connectivity index is 1.52. The molecule has 3 aromatic heterocycles. The normalized spacial score (nSPS) is 13.7. The number of aryl methyl sites for hydroxylation is 3. The zero-order valence-electron chi connectivity index (χ0n) is 19.6. The monoisotopic (exact) mass is 502 g/mol. The van der Waals surface area contributed by atoms with Crippen molar-refractivity contribution in [1.29, 1.82) is 0 Å². The Hall–Kier alpha value is -3.10. The fraction of sp³-hybridized carbons (Fsp3) is 0.296. The Kier molecular flexibility index (Phi) is 6.08. The van der Waals surface area contributed by atoms with Gasteiger partial charge in [0.2, 0.25) is 5.78 Å². The van der Waals surface area contributed by atoms with Crippen molar-refractivity contribution in [2.75, 3.05) is 12.9 Å². The van der Waals surface area contributed by atoms with Gasteiger partial charge in [0.1, 0.15) is 10.6 Å². The van der Waals surface area contributed by atoms with Gasteiger partial charge in [-0.05, 0) is 67.5 Å². The average Bonchev–Trinajstić information content (AvgIpc) is 3.39. The van der Waals surface area contributed by atoms with Crippen molar-refractivity contribution in [3.63, 3.8) is 0 Å². The zero-order chi connectivity index (χ0) is 23.8. The van der Waals surface area contributed by atoms with Crippen LogP contribution in [-0.2, 0) is 19.3 Å². The maximum Gasteiger partial charge on any atom is 0.268 e. The van der Waals surface area contributed by atoms with Crippen LogP contribution in [0.4, 0.5) is 0 Å². The van der Waals surface area contributed by atoms with Gasteiger partial charge in [-0.15, -0.1) is 21.5 Å². The molecule has 3 heterocycles. The highest BCUT2D eigenvalue weighted by Crippen LogP contribution is 2.36. The van der Waals surface area contributed by atoms with E-state index < -0.39 is 0 Å². The molecular formula is C27H26N4O2S2. The van der Waals surface area contributed by atoms with Crippen molar-refractivity contribution in [2.24, 2.45) is 0 Å². The Labute approximate surface area is 211 Å². The molecule has 0 saturated carbocycles. The Morgan fingerprint density at radius 3 is 2.60 bits per heavy atom. The van der Waals surface area contributed by atoms with Crippen molar-refractivity contribution in [1.82, 2.24) is 19.2 Å². The van der Waals surface area contributed by atoms with E-state index in [9.17, 15) is 4.79 Å². The first-order valence-electron chi connectivity index (χ1n) is 12.0. The van der Waals surface area contributed by atoms with Crippen molar-refractivity contribution < 1.29 is 4.74 Å². The van der Waals surface area contributed by atoms with E-state index in [2.05, 4.69) is 38.9 Å². The van der Waals surface area contributed by atoms with Crippen LogP contribution >= 0.6 is 23.1 Å². The summed E-state index contributed by atoms with van der Waals surface area (Å²) in [6, 6.07) is 18.1. The van der Waals surface area contributed by atoms with Crippen LogP contribution in [0.2, 0.25) is 0 Å². The number of benzene rings is 2. The van der Waals surface area contributed by atoms with Crippen LogP contribution in [0.1, 0.15) is 35.3 Å². The van der Waals surface area contributed by atoms with Crippen LogP contribution in [0.25, 0.3) is 21.7 Å². The van der Waals surface area contributed by atoms with Crippen LogP contribution in [0, 0.1) is 0 Å². The highest BCUT2D eigenvalue weighted by Gasteiger charge is 2.25. The topological polar surface area (TPSA) is 61.4 Å². The molecular weight excluding hydrogens is 476 g/mol. The number of thiophene rings is 1. The van der Waals surface area contributed by atoms with Crippen molar-refractivity contribution >= 4 is 39.1 Å². The van der Waals surface area contributed by atoms with Gasteiger partial charge in [0.15, 0.2) is 5.16 Å². The summed E-state index contributed by atoms with van der Waals surface area (Å²) in [4.78, 5) is 16.3. The van der Waals surface area contributed by atoms with E-state index in [0.29, 0.717) is 5.78 Å². The Morgan fingerprint density at radius 1 is 1.00 bits per heavy atom. The maximum atomic E-state index is 14.0. The maximum absolute atomic E-state index is 14.0. The van der Waals surface area contributed by atoms with Gasteiger partial charge in [-0.2, -0.15) is 0 Å². The predicted octanol–water partition coefficient (Wildman–Crippen LogP) is 5.71. The minimum atomic E-state index is -0.00898. The lowest BCUT2D eigenvalue weighted by Crippen LogP contribution is -2.22. The largest absolute Gasteiger partial charge is 0.497 e. The summed E-state index contributed by atoms with van der Waals surface area (Å²) in [7, 11) is 1.64. The number of methoxy groups -OCH3 is 1. The van der Waals surface area contributed by atoms with Crippen LogP contribution in [-0.4, -0.2) is 32.0 Å². The molecule has 0 saturated heterocycles. The van der Waals surface area contributed by atoms with Gasteiger partial charge in [0.05, 0.1) is 18.2 Å². The van der Waals surface area contributed by atoms with Crippen molar-refractivity contribution in [3.8, 4) is 11.4 Å². The molecule has 178 valence electrons. The Morgan fingerprint density at radius 2 is 1.80 bits per heavy atom. The predicted molar refractivity (Wildman–Crippen MR) is 143 cm³/mol. The number of hydrogen-bond donors (Lipinski definition) is 0. The van der Waals surface area contributed by atoms with Gasteiger partial charge in [-0.1, -0.05) is 48.5 Å². The van der Waals surface area contributed by atoms with Gasteiger partial charge in [0.25, 0.3) is 5.56 Å². The molecule has 0 bridgehead atoms. The van der Waals surface area contributed by atoms with Crippen LogP contribution in [0.3, 0.4) is 0 Å².